The summed E-state index contributed by atoms with van der Waals surface area (Å²) < 4.78 is 3.42. The van der Waals surface area contributed by atoms with Gasteiger partial charge < -0.3 is 5.32 Å². The molecule has 28 heavy (non-hydrogen) atoms. The molecule has 10 nitrogen and oxygen atoms in total. The van der Waals surface area contributed by atoms with Gasteiger partial charge in [0.05, 0.1) is 0 Å². The molecular weight excluding hydrogens is 358 g/mol. The molecule has 0 fully saturated rings. The van der Waals surface area contributed by atoms with Crippen molar-refractivity contribution in [3.05, 3.63) is 66.7 Å². The Morgan fingerprint density at radius 3 is 2.71 bits per heavy atom. The number of aromatic nitrogens is 8. The third-order valence-electron chi connectivity index (χ3n) is 4.04. The summed E-state index contributed by atoms with van der Waals surface area (Å²) in [6.45, 7) is 1.58. The number of carbonyl (C=O) groups is 1. The van der Waals surface area contributed by atoms with Crippen molar-refractivity contribution in [1.29, 1.82) is 0 Å². The number of nitrogens with zero attached hydrogens (tertiary/aromatic N) is 8. The van der Waals surface area contributed by atoms with Crippen LogP contribution in [0.15, 0.2) is 61.1 Å². The van der Waals surface area contributed by atoms with Gasteiger partial charge in [0, 0.05) is 37.2 Å². The maximum Gasteiger partial charge on any atom is 0.271 e. The number of nitrogens with one attached hydrogen (secondary N) is 1. The number of hydrogen-bond acceptors (Lipinski definition) is 6. The minimum absolute atomic E-state index is 0.212. The van der Waals surface area contributed by atoms with E-state index in [1.807, 2.05) is 47.3 Å². The average molecular weight is 377 g/mol. The molecule has 0 atom stereocenters. The third-order valence-corrected chi connectivity index (χ3v) is 4.04. The van der Waals surface area contributed by atoms with E-state index in [1.165, 1.54) is 4.80 Å². The summed E-state index contributed by atoms with van der Waals surface area (Å²) in [6.07, 6.45) is 6.13. The summed E-state index contributed by atoms with van der Waals surface area (Å²) in [6, 6.07) is 13.2. The second-order valence-corrected chi connectivity index (χ2v) is 6.11. The van der Waals surface area contributed by atoms with Gasteiger partial charge in [-0.05, 0) is 23.8 Å². The summed E-state index contributed by atoms with van der Waals surface area (Å²) in [7, 11) is 0. The summed E-state index contributed by atoms with van der Waals surface area (Å²) in [5, 5.41) is 23.7. The Balaban J connectivity index is 1.29. The Bertz CT molecular complexity index is 1020. The highest BCUT2D eigenvalue weighted by Crippen LogP contribution is 2.11. The lowest BCUT2D eigenvalue weighted by Gasteiger charge is -2.04. The average Bonchev–Trinajstić information content (AvgIpc) is 3.48. The van der Waals surface area contributed by atoms with E-state index < -0.39 is 0 Å². The van der Waals surface area contributed by atoms with Crippen LogP contribution in [0.25, 0.3) is 11.4 Å². The van der Waals surface area contributed by atoms with Crippen LogP contribution < -0.4 is 5.32 Å². The fraction of sp³-hybridized carbons (Fsp3) is 0.222. The molecular formula is C18H19N9O. The summed E-state index contributed by atoms with van der Waals surface area (Å²) in [5.74, 6) is 0.332. The zero-order chi connectivity index (χ0) is 19.2. The van der Waals surface area contributed by atoms with E-state index in [9.17, 15) is 4.79 Å². The van der Waals surface area contributed by atoms with E-state index in [0.29, 0.717) is 18.1 Å². The zero-order valence-electron chi connectivity index (χ0n) is 15.1. The minimum Gasteiger partial charge on any atom is -0.351 e. The SMILES string of the molecule is O=C(NCCCn1cccn1)c1ccn(Cn2nnc(-c3ccccc3)n2)n1. The topological polar surface area (TPSA) is 108 Å². The number of aryl methyl sites for hydroxylation is 1. The Kier molecular flexibility index (Phi) is 5.18. The zero-order valence-corrected chi connectivity index (χ0v) is 15.1. The second kappa shape index (κ2) is 8.25. The van der Waals surface area contributed by atoms with E-state index >= 15 is 0 Å². The van der Waals surface area contributed by atoms with Crippen LogP contribution in [0.3, 0.4) is 0 Å². The molecule has 0 spiro atoms. The van der Waals surface area contributed by atoms with Gasteiger partial charge in [-0.15, -0.1) is 15.0 Å². The molecule has 0 saturated heterocycles. The van der Waals surface area contributed by atoms with Crippen LogP contribution in [-0.4, -0.2) is 52.2 Å². The molecule has 10 heteroatoms. The van der Waals surface area contributed by atoms with Crippen molar-refractivity contribution in [2.24, 2.45) is 0 Å². The van der Waals surface area contributed by atoms with E-state index in [-0.39, 0.29) is 12.6 Å². The van der Waals surface area contributed by atoms with Crippen molar-refractivity contribution in [3.63, 3.8) is 0 Å². The molecule has 4 aromatic rings. The highest BCUT2D eigenvalue weighted by Gasteiger charge is 2.10. The van der Waals surface area contributed by atoms with Gasteiger partial charge in [-0.3, -0.25) is 9.48 Å². The van der Waals surface area contributed by atoms with Crippen molar-refractivity contribution >= 4 is 5.91 Å². The number of benzene rings is 1. The molecule has 0 saturated carbocycles. The highest BCUT2D eigenvalue weighted by atomic mass is 16.1. The van der Waals surface area contributed by atoms with Gasteiger partial charge in [-0.2, -0.15) is 10.2 Å². The van der Waals surface area contributed by atoms with Crippen LogP contribution in [0.5, 0.6) is 0 Å². The lowest BCUT2D eigenvalue weighted by Crippen LogP contribution is -2.26. The van der Waals surface area contributed by atoms with Gasteiger partial charge in [0.15, 0.2) is 6.67 Å². The lowest BCUT2D eigenvalue weighted by molar-refractivity contribution is 0.0946. The molecule has 4 rings (SSSR count). The lowest BCUT2D eigenvalue weighted by atomic mass is 10.2. The second-order valence-electron chi connectivity index (χ2n) is 6.11. The van der Waals surface area contributed by atoms with Crippen molar-refractivity contribution in [2.45, 2.75) is 19.6 Å². The molecule has 0 radical (unpaired) electrons. The molecule has 0 aliphatic heterocycles. The van der Waals surface area contributed by atoms with Crippen LogP contribution in [-0.2, 0) is 13.2 Å². The third kappa shape index (κ3) is 4.29. The normalized spacial score (nSPS) is 10.9. The molecule has 0 aliphatic carbocycles. The van der Waals surface area contributed by atoms with Gasteiger partial charge in [0.1, 0.15) is 5.69 Å². The summed E-state index contributed by atoms with van der Waals surface area (Å²) in [5.41, 5.74) is 1.24. The van der Waals surface area contributed by atoms with Crippen molar-refractivity contribution in [2.75, 3.05) is 6.54 Å². The molecule has 142 valence electrons. The smallest absolute Gasteiger partial charge is 0.271 e. The predicted molar refractivity (Wildman–Crippen MR) is 100 cm³/mol. The standard InChI is InChI=1S/C18H19N9O/c28-18(19-9-4-11-25-12-5-10-20-25)16-8-13-26(22-16)14-27-23-17(21-24-27)15-6-2-1-3-7-15/h1-3,5-8,10,12-13H,4,9,11,14H2,(H,19,28). The fourth-order valence-corrected chi connectivity index (χ4v) is 2.66. The van der Waals surface area contributed by atoms with Crippen LogP contribution in [0, 0.1) is 0 Å². The number of carbonyl (C=O) groups excluding carboxylic acids is 1. The van der Waals surface area contributed by atoms with E-state index in [4.69, 9.17) is 0 Å². The van der Waals surface area contributed by atoms with E-state index in [0.717, 1.165) is 18.5 Å². The van der Waals surface area contributed by atoms with E-state index in [1.54, 1.807) is 23.1 Å². The van der Waals surface area contributed by atoms with Crippen LogP contribution in [0.2, 0.25) is 0 Å². The summed E-state index contributed by atoms with van der Waals surface area (Å²) >= 11 is 0. The molecule has 3 aromatic heterocycles. The molecule has 3 heterocycles. The van der Waals surface area contributed by atoms with Gasteiger partial charge in [-0.25, -0.2) is 4.68 Å². The number of hydrogen-bond donors (Lipinski definition) is 1. The maximum atomic E-state index is 12.2. The Morgan fingerprint density at radius 1 is 1.00 bits per heavy atom. The quantitative estimate of drug-likeness (QED) is 0.460. The Hall–Kier alpha value is -3.82. The number of rotatable bonds is 8. The van der Waals surface area contributed by atoms with E-state index in [2.05, 4.69) is 30.9 Å². The van der Waals surface area contributed by atoms with Crippen LogP contribution >= 0.6 is 0 Å². The first-order valence-electron chi connectivity index (χ1n) is 8.90. The molecule has 1 amide bonds. The van der Waals surface area contributed by atoms with Crippen LogP contribution in [0.1, 0.15) is 16.9 Å². The first-order chi connectivity index (χ1) is 13.8. The van der Waals surface area contributed by atoms with Gasteiger partial charge in [-0.1, -0.05) is 30.3 Å². The fourth-order valence-electron chi connectivity index (χ4n) is 2.66. The Morgan fingerprint density at radius 2 is 1.89 bits per heavy atom. The van der Waals surface area contributed by atoms with Gasteiger partial charge in [0.2, 0.25) is 5.82 Å². The van der Waals surface area contributed by atoms with Gasteiger partial charge in [0.25, 0.3) is 5.91 Å². The van der Waals surface area contributed by atoms with Crippen LogP contribution in [0.4, 0.5) is 0 Å². The summed E-state index contributed by atoms with van der Waals surface area (Å²) in [4.78, 5) is 13.6. The predicted octanol–water partition coefficient (Wildman–Crippen LogP) is 1.06. The highest BCUT2D eigenvalue weighted by molar-refractivity contribution is 5.92. The molecule has 1 aromatic carbocycles. The van der Waals surface area contributed by atoms with Crippen molar-refractivity contribution in [1.82, 2.24) is 45.1 Å². The van der Waals surface area contributed by atoms with Crippen molar-refractivity contribution < 1.29 is 4.79 Å². The first kappa shape index (κ1) is 17.6. The molecule has 1 N–H and O–H groups in total. The maximum absolute atomic E-state index is 12.2. The first-order valence-corrected chi connectivity index (χ1v) is 8.90. The minimum atomic E-state index is -0.212. The van der Waals surface area contributed by atoms with Gasteiger partial charge >= 0.3 is 0 Å². The monoisotopic (exact) mass is 377 g/mol. The Labute approximate surface area is 160 Å². The van der Waals surface area contributed by atoms with Crippen molar-refractivity contribution in [3.8, 4) is 11.4 Å². The molecule has 0 aliphatic rings. The molecule has 0 unspecified atom stereocenters. The largest absolute Gasteiger partial charge is 0.351 e. The molecule has 0 bridgehead atoms. The number of amides is 1. The number of tetrazole rings is 1.